The number of carboxylic acid groups (broad SMARTS) is 1. The molecule has 1 aliphatic rings. The SMILES string of the molecule is CC(C)C[C@H](N)C(=O)N[C@H]1CC[C@@H](C(=O)O)C1. The molecule has 1 rings (SSSR count). The van der Waals surface area contributed by atoms with Gasteiger partial charge in [0, 0.05) is 6.04 Å². The van der Waals surface area contributed by atoms with Gasteiger partial charge in [-0.1, -0.05) is 13.8 Å². The van der Waals surface area contributed by atoms with Crippen LogP contribution in [0, 0.1) is 11.8 Å². The Morgan fingerprint density at radius 1 is 1.41 bits per heavy atom. The second-order valence-electron chi connectivity index (χ2n) is 5.29. The minimum absolute atomic E-state index is 0.0261. The second-order valence-corrected chi connectivity index (χ2v) is 5.29. The normalized spacial score (nSPS) is 25.9. The van der Waals surface area contributed by atoms with E-state index in [1.807, 2.05) is 13.8 Å². The van der Waals surface area contributed by atoms with E-state index >= 15 is 0 Å². The molecule has 98 valence electrons. The first-order valence-corrected chi connectivity index (χ1v) is 6.19. The van der Waals surface area contributed by atoms with Gasteiger partial charge in [0.2, 0.25) is 5.91 Å². The molecule has 0 aromatic carbocycles. The lowest BCUT2D eigenvalue weighted by atomic mass is 10.0. The topological polar surface area (TPSA) is 92.4 Å². The van der Waals surface area contributed by atoms with Crippen molar-refractivity contribution in [3.8, 4) is 0 Å². The lowest BCUT2D eigenvalue weighted by Gasteiger charge is -2.18. The molecule has 0 radical (unpaired) electrons. The van der Waals surface area contributed by atoms with Gasteiger partial charge in [0.15, 0.2) is 0 Å². The molecule has 4 N–H and O–H groups in total. The number of amides is 1. The largest absolute Gasteiger partial charge is 0.481 e. The first-order chi connectivity index (χ1) is 7.90. The molecular formula is C12H22N2O3. The number of rotatable bonds is 5. The van der Waals surface area contributed by atoms with Gasteiger partial charge in [0.25, 0.3) is 0 Å². The van der Waals surface area contributed by atoms with E-state index in [1.54, 1.807) is 0 Å². The molecule has 1 fully saturated rings. The number of carboxylic acids is 1. The Hall–Kier alpha value is -1.10. The van der Waals surface area contributed by atoms with Crippen molar-refractivity contribution < 1.29 is 14.7 Å². The van der Waals surface area contributed by atoms with Gasteiger partial charge in [0.05, 0.1) is 12.0 Å². The van der Waals surface area contributed by atoms with Crippen LogP contribution >= 0.6 is 0 Å². The molecule has 0 saturated heterocycles. The molecule has 0 aromatic heterocycles. The second kappa shape index (κ2) is 6.00. The van der Waals surface area contributed by atoms with E-state index in [0.717, 1.165) is 6.42 Å². The van der Waals surface area contributed by atoms with E-state index in [0.29, 0.717) is 25.2 Å². The number of aliphatic carboxylic acids is 1. The summed E-state index contributed by atoms with van der Waals surface area (Å²) in [5.41, 5.74) is 5.76. The van der Waals surface area contributed by atoms with Crippen LogP contribution in [0.15, 0.2) is 0 Å². The smallest absolute Gasteiger partial charge is 0.306 e. The number of hydrogen-bond acceptors (Lipinski definition) is 3. The Morgan fingerprint density at radius 3 is 2.53 bits per heavy atom. The summed E-state index contributed by atoms with van der Waals surface area (Å²) in [6.45, 7) is 4.03. The van der Waals surface area contributed by atoms with E-state index in [1.165, 1.54) is 0 Å². The molecular weight excluding hydrogens is 220 g/mol. The fraction of sp³-hybridized carbons (Fsp3) is 0.833. The number of carbonyl (C=O) groups is 2. The van der Waals surface area contributed by atoms with Crippen LogP contribution in [-0.4, -0.2) is 29.1 Å². The number of hydrogen-bond donors (Lipinski definition) is 3. The van der Waals surface area contributed by atoms with Gasteiger partial charge >= 0.3 is 5.97 Å². The highest BCUT2D eigenvalue weighted by Gasteiger charge is 2.31. The third-order valence-corrected chi connectivity index (χ3v) is 3.19. The number of nitrogens with one attached hydrogen (secondary N) is 1. The molecule has 0 aromatic rings. The van der Waals surface area contributed by atoms with Crippen LogP contribution in [0.1, 0.15) is 39.5 Å². The summed E-state index contributed by atoms with van der Waals surface area (Å²) in [4.78, 5) is 22.5. The van der Waals surface area contributed by atoms with E-state index < -0.39 is 12.0 Å². The van der Waals surface area contributed by atoms with Gasteiger partial charge in [-0.3, -0.25) is 9.59 Å². The van der Waals surface area contributed by atoms with E-state index in [-0.39, 0.29) is 17.9 Å². The van der Waals surface area contributed by atoms with Gasteiger partial charge in [-0.2, -0.15) is 0 Å². The van der Waals surface area contributed by atoms with Crippen LogP contribution in [0.2, 0.25) is 0 Å². The third kappa shape index (κ3) is 4.34. The molecule has 17 heavy (non-hydrogen) atoms. The van der Waals surface area contributed by atoms with Crippen LogP contribution in [0.25, 0.3) is 0 Å². The van der Waals surface area contributed by atoms with Gasteiger partial charge in [0.1, 0.15) is 0 Å². The number of nitrogens with two attached hydrogens (primary N) is 1. The van der Waals surface area contributed by atoms with Gasteiger partial charge < -0.3 is 16.2 Å². The summed E-state index contributed by atoms with van der Waals surface area (Å²) in [5.74, 6) is -0.865. The average Bonchev–Trinajstić information content (AvgIpc) is 2.65. The van der Waals surface area contributed by atoms with Crippen LogP contribution < -0.4 is 11.1 Å². The van der Waals surface area contributed by atoms with Crippen molar-refractivity contribution in [2.45, 2.75) is 51.6 Å². The summed E-state index contributed by atoms with van der Waals surface area (Å²) >= 11 is 0. The van der Waals surface area contributed by atoms with E-state index in [2.05, 4.69) is 5.32 Å². The minimum Gasteiger partial charge on any atom is -0.481 e. The molecule has 1 aliphatic carbocycles. The van der Waals surface area contributed by atoms with Crippen molar-refractivity contribution in [1.29, 1.82) is 0 Å². The summed E-state index contributed by atoms with van der Waals surface area (Å²) in [6.07, 6.45) is 2.55. The Kier molecular flexibility index (Phi) is 4.93. The predicted octanol–water partition coefficient (Wildman–Crippen LogP) is 0.729. The zero-order valence-electron chi connectivity index (χ0n) is 10.5. The Bertz CT molecular complexity index is 291. The quantitative estimate of drug-likeness (QED) is 0.662. The molecule has 5 heteroatoms. The van der Waals surface area contributed by atoms with Crippen LogP contribution in [0.5, 0.6) is 0 Å². The molecule has 0 spiro atoms. The standard InChI is InChI=1S/C12H22N2O3/c1-7(2)5-10(13)11(15)14-9-4-3-8(6-9)12(16)17/h7-10H,3-6,13H2,1-2H3,(H,14,15)(H,16,17)/t8-,9+,10+/m1/s1. The molecule has 1 saturated carbocycles. The van der Waals surface area contributed by atoms with E-state index in [9.17, 15) is 9.59 Å². The highest BCUT2D eigenvalue weighted by Crippen LogP contribution is 2.25. The minimum atomic E-state index is -0.770. The summed E-state index contributed by atoms with van der Waals surface area (Å²) in [6, 6.07) is -0.513. The van der Waals surface area contributed by atoms with Crippen molar-refractivity contribution in [3.05, 3.63) is 0 Å². The zero-order chi connectivity index (χ0) is 13.0. The van der Waals surface area contributed by atoms with E-state index in [4.69, 9.17) is 10.8 Å². The highest BCUT2D eigenvalue weighted by molar-refractivity contribution is 5.82. The molecule has 5 nitrogen and oxygen atoms in total. The van der Waals surface area contributed by atoms with Gasteiger partial charge in [-0.05, 0) is 31.6 Å². The zero-order valence-corrected chi connectivity index (χ0v) is 10.5. The average molecular weight is 242 g/mol. The highest BCUT2D eigenvalue weighted by atomic mass is 16.4. The first kappa shape index (κ1) is 14.0. The fourth-order valence-corrected chi connectivity index (χ4v) is 2.26. The molecule has 0 aliphatic heterocycles. The van der Waals surface area contributed by atoms with Crippen LogP contribution in [0.3, 0.4) is 0 Å². The maximum absolute atomic E-state index is 11.7. The van der Waals surface area contributed by atoms with Crippen LogP contribution in [0.4, 0.5) is 0 Å². The lowest BCUT2D eigenvalue weighted by molar-refractivity contribution is -0.141. The maximum atomic E-state index is 11.7. The van der Waals surface area contributed by atoms with Crippen molar-refractivity contribution in [2.75, 3.05) is 0 Å². The van der Waals surface area contributed by atoms with Crippen LogP contribution in [-0.2, 0) is 9.59 Å². The lowest BCUT2D eigenvalue weighted by Crippen LogP contribution is -2.45. The van der Waals surface area contributed by atoms with Crippen molar-refractivity contribution in [2.24, 2.45) is 17.6 Å². The summed E-state index contributed by atoms with van der Waals surface area (Å²) < 4.78 is 0. The van der Waals surface area contributed by atoms with Crippen molar-refractivity contribution in [3.63, 3.8) is 0 Å². The Balaban J connectivity index is 2.35. The molecule has 0 heterocycles. The summed E-state index contributed by atoms with van der Waals surface area (Å²) in [7, 11) is 0. The molecule has 3 atom stereocenters. The van der Waals surface area contributed by atoms with Gasteiger partial charge in [-0.25, -0.2) is 0 Å². The number of carbonyl (C=O) groups excluding carboxylic acids is 1. The van der Waals surface area contributed by atoms with Crippen molar-refractivity contribution in [1.82, 2.24) is 5.32 Å². The Labute approximate surface area is 102 Å². The Morgan fingerprint density at radius 2 is 2.06 bits per heavy atom. The van der Waals surface area contributed by atoms with Crippen molar-refractivity contribution >= 4 is 11.9 Å². The molecule has 0 bridgehead atoms. The first-order valence-electron chi connectivity index (χ1n) is 6.19. The van der Waals surface area contributed by atoms with Gasteiger partial charge in [-0.15, -0.1) is 0 Å². The third-order valence-electron chi connectivity index (χ3n) is 3.19. The fourth-order valence-electron chi connectivity index (χ4n) is 2.26. The maximum Gasteiger partial charge on any atom is 0.306 e. The molecule has 1 amide bonds. The predicted molar refractivity (Wildman–Crippen MR) is 64.3 cm³/mol. The summed E-state index contributed by atoms with van der Waals surface area (Å²) in [5, 5.41) is 11.7. The monoisotopic (exact) mass is 242 g/mol. The molecule has 0 unspecified atom stereocenters.